The van der Waals surface area contributed by atoms with Gasteiger partial charge in [-0.25, -0.2) is 0 Å². The average Bonchev–Trinajstić information content (AvgIpc) is 1.98. The molecule has 0 saturated carbocycles. The molecule has 0 saturated heterocycles. The summed E-state index contributed by atoms with van der Waals surface area (Å²) in [6.07, 6.45) is 3.58. The van der Waals surface area contributed by atoms with Gasteiger partial charge >= 0.3 is 0 Å². The van der Waals surface area contributed by atoms with Crippen molar-refractivity contribution in [2.24, 2.45) is 4.99 Å². The molecule has 12 heavy (non-hydrogen) atoms. The van der Waals surface area contributed by atoms with Crippen LogP contribution in [0, 0.1) is 0 Å². The van der Waals surface area contributed by atoms with Gasteiger partial charge in [0, 0.05) is 12.7 Å². The van der Waals surface area contributed by atoms with Crippen LogP contribution >= 0.6 is 0 Å². The quantitative estimate of drug-likeness (QED) is 0.385. The largest absolute Gasteiger partial charge is 0.347 e. The number of allylic oxidation sites excluding steroid dienone is 3. The Morgan fingerprint density at radius 1 is 1.33 bits per heavy atom. The summed E-state index contributed by atoms with van der Waals surface area (Å²) in [7, 11) is 1.71. The number of aliphatic imine (C=N–C) groups is 1. The fourth-order valence-electron chi connectivity index (χ4n) is 0.713. The molecule has 0 fully saturated rings. The molecular weight excluding hydrogens is 148 g/mol. The Hall–Kier alpha value is -1.31. The molecule has 0 heterocycles. The third-order valence-corrected chi connectivity index (χ3v) is 1.31. The van der Waals surface area contributed by atoms with E-state index < -0.39 is 0 Å². The second kappa shape index (κ2) is 5.35. The number of nitrogens with one attached hydrogen (secondary N) is 1. The summed E-state index contributed by atoms with van der Waals surface area (Å²) in [5.41, 5.74) is 2.94. The van der Waals surface area contributed by atoms with Gasteiger partial charge in [-0.05, 0) is 19.4 Å². The first-order valence-corrected chi connectivity index (χ1v) is 3.78. The molecule has 0 aromatic rings. The summed E-state index contributed by atoms with van der Waals surface area (Å²) in [6.45, 7) is 11.5. The standard InChI is InChI=1S/C10H16N2/c1-8(2)6-9(3)10(4)12-7-11-5/h6-7H,1,4H2,2-3,5H3,(H,11,12)/b9-6-. The third kappa shape index (κ3) is 4.50. The predicted octanol–water partition coefficient (Wildman–Crippen LogP) is 2.27. The van der Waals surface area contributed by atoms with Gasteiger partial charge in [0.1, 0.15) is 0 Å². The maximum atomic E-state index is 3.83. The zero-order valence-corrected chi connectivity index (χ0v) is 8.02. The third-order valence-electron chi connectivity index (χ3n) is 1.31. The Kier molecular flexibility index (Phi) is 4.77. The topological polar surface area (TPSA) is 24.4 Å². The number of hydrogen-bond donors (Lipinski definition) is 1. The van der Waals surface area contributed by atoms with Crippen molar-refractivity contribution in [1.29, 1.82) is 0 Å². The molecular formula is C10H16N2. The van der Waals surface area contributed by atoms with Crippen LogP contribution in [-0.4, -0.2) is 13.4 Å². The Bertz CT molecular complexity index is 234. The molecule has 2 nitrogen and oxygen atoms in total. The molecule has 0 spiro atoms. The lowest BCUT2D eigenvalue weighted by atomic mass is 10.2. The minimum atomic E-state index is 0.851. The normalized spacial score (nSPS) is 11.8. The van der Waals surface area contributed by atoms with Crippen molar-refractivity contribution >= 4 is 6.34 Å². The lowest BCUT2D eigenvalue weighted by molar-refractivity contribution is 1.14. The van der Waals surface area contributed by atoms with Crippen LogP contribution in [0.2, 0.25) is 0 Å². The first kappa shape index (κ1) is 10.7. The maximum absolute atomic E-state index is 3.83. The molecule has 0 radical (unpaired) electrons. The lowest BCUT2D eigenvalue weighted by Gasteiger charge is -2.04. The van der Waals surface area contributed by atoms with Crippen LogP contribution in [-0.2, 0) is 0 Å². The van der Waals surface area contributed by atoms with Gasteiger partial charge in [-0.2, -0.15) is 0 Å². The molecule has 1 N–H and O–H groups in total. The summed E-state index contributed by atoms with van der Waals surface area (Å²) in [4.78, 5) is 3.79. The Morgan fingerprint density at radius 3 is 2.33 bits per heavy atom. The van der Waals surface area contributed by atoms with E-state index >= 15 is 0 Å². The average molecular weight is 164 g/mol. The van der Waals surface area contributed by atoms with Crippen LogP contribution in [0.1, 0.15) is 13.8 Å². The molecule has 0 amide bonds. The summed E-state index contributed by atoms with van der Waals surface area (Å²) < 4.78 is 0. The van der Waals surface area contributed by atoms with Crippen molar-refractivity contribution in [3.63, 3.8) is 0 Å². The molecule has 0 bridgehead atoms. The second-order valence-electron chi connectivity index (χ2n) is 2.68. The van der Waals surface area contributed by atoms with Gasteiger partial charge in [-0.1, -0.05) is 24.8 Å². The van der Waals surface area contributed by atoms with E-state index in [2.05, 4.69) is 23.5 Å². The highest BCUT2D eigenvalue weighted by atomic mass is 14.9. The molecule has 0 aliphatic heterocycles. The Balaban J connectivity index is 4.19. The molecule has 0 rings (SSSR count). The summed E-state index contributed by atoms with van der Waals surface area (Å²) in [5.74, 6) is 0. The predicted molar refractivity (Wildman–Crippen MR) is 55.3 cm³/mol. The monoisotopic (exact) mass is 164 g/mol. The van der Waals surface area contributed by atoms with E-state index in [0.29, 0.717) is 0 Å². The fraction of sp³-hybridized carbons (Fsp3) is 0.300. The van der Waals surface area contributed by atoms with E-state index in [-0.39, 0.29) is 0 Å². The van der Waals surface area contributed by atoms with E-state index in [0.717, 1.165) is 16.8 Å². The highest BCUT2D eigenvalue weighted by molar-refractivity contribution is 5.59. The van der Waals surface area contributed by atoms with Crippen LogP contribution in [0.4, 0.5) is 0 Å². The molecule has 0 unspecified atom stereocenters. The van der Waals surface area contributed by atoms with Crippen molar-refractivity contribution in [3.05, 3.63) is 36.1 Å². The van der Waals surface area contributed by atoms with Crippen molar-refractivity contribution in [2.45, 2.75) is 13.8 Å². The lowest BCUT2D eigenvalue weighted by Crippen LogP contribution is -2.10. The number of nitrogens with zero attached hydrogens (tertiary/aromatic N) is 1. The Labute approximate surface area is 74.4 Å². The molecule has 0 aliphatic rings. The minimum absolute atomic E-state index is 0.851. The summed E-state index contributed by atoms with van der Waals surface area (Å²) in [5, 5.41) is 2.94. The van der Waals surface area contributed by atoms with Crippen molar-refractivity contribution in [1.82, 2.24) is 5.32 Å². The van der Waals surface area contributed by atoms with Crippen LogP contribution in [0.25, 0.3) is 0 Å². The van der Waals surface area contributed by atoms with E-state index in [1.165, 1.54) is 0 Å². The van der Waals surface area contributed by atoms with Crippen LogP contribution < -0.4 is 5.32 Å². The highest BCUT2D eigenvalue weighted by Gasteiger charge is 1.92. The van der Waals surface area contributed by atoms with E-state index in [1.807, 2.05) is 19.9 Å². The fourth-order valence-corrected chi connectivity index (χ4v) is 0.713. The van der Waals surface area contributed by atoms with Gasteiger partial charge in [-0.3, -0.25) is 4.99 Å². The van der Waals surface area contributed by atoms with Gasteiger partial charge < -0.3 is 5.32 Å². The zero-order chi connectivity index (χ0) is 9.56. The summed E-state index contributed by atoms with van der Waals surface area (Å²) >= 11 is 0. The van der Waals surface area contributed by atoms with Crippen LogP contribution in [0.3, 0.4) is 0 Å². The van der Waals surface area contributed by atoms with Crippen LogP contribution in [0.15, 0.2) is 41.1 Å². The molecule has 0 aliphatic carbocycles. The van der Waals surface area contributed by atoms with Gasteiger partial charge in [0.2, 0.25) is 0 Å². The van der Waals surface area contributed by atoms with Crippen molar-refractivity contribution < 1.29 is 0 Å². The maximum Gasteiger partial charge on any atom is 0.0864 e. The first-order valence-electron chi connectivity index (χ1n) is 3.78. The van der Waals surface area contributed by atoms with Gasteiger partial charge in [-0.15, -0.1) is 0 Å². The molecule has 2 heteroatoms. The smallest absolute Gasteiger partial charge is 0.0864 e. The molecule has 66 valence electrons. The summed E-state index contributed by atoms with van der Waals surface area (Å²) in [6, 6.07) is 0. The second-order valence-corrected chi connectivity index (χ2v) is 2.68. The van der Waals surface area contributed by atoms with Crippen molar-refractivity contribution in [2.75, 3.05) is 7.05 Å². The number of hydrogen-bond acceptors (Lipinski definition) is 1. The van der Waals surface area contributed by atoms with E-state index in [9.17, 15) is 0 Å². The Morgan fingerprint density at radius 2 is 1.92 bits per heavy atom. The molecule has 0 aromatic heterocycles. The molecule has 0 aromatic carbocycles. The van der Waals surface area contributed by atoms with Crippen LogP contribution in [0.5, 0.6) is 0 Å². The highest BCUT2D eigenvalue weighted by Crippen LogP contribution is 2.05. The van der Waals surface area contributed by atoms with E-state index in [1.54, 1.807) is 13.4 Å². The van der Waals surface area contributed by atoms with Gasteiger partial charge in [0.05, 0.1) is 6.34 Å². The van der Waals surface area contributed by atoms with E-state index in [4.69, 9.17) is 0 Å². The molecule has 0 atom stereocenters. The SMILES string of the molecule is C=C(C)/C=C(/C)C(=C)NC=NC. The van der Waals surface area contributed by atoms with Crippen molar-refractivity contribution in [3.8, 4) is 0 Å². The van der Waals surface area contributed by atoms with Gasteiger partial charge in [0.25, 0.3) is 0 Å². The minimum Gasteiger partial charge on any atom is -0.347 e. The zero-order valence-electron chi connectivity index (χ0n) is 8.02. The van der Waals surface area contributed by atoms with Gasteiger partial charge in [0.15, 0.2) is 0 Å². The number of rotatable bonds is 4. The first-order chi connectivity index (χ1) is 5.57.